The van der Waals surface area contributed by atoms with E-state index in [1.54, 1.807) is 12.1 Å². The summed E-state index contributed by atoms with van der Waals surface area (Å²) in [6.07, 6.45) is 0.231. The number of anilines is 1. The molecule has 0 saturated heterocycles. The number of nitrogens with zero attached hydrogens (tertiary/aromatic N) is 1. The van der Waals surface area contributed by atoms with Crippen LogP contribution in [-0.4, -0.2) is 16.0 Å². The van der Waals surface area contributed by atoms with Crippen LogP contribution in [0.25, 0.3) is 10.9 Å². The lowest BCUT2D eigenvalue weighted by molar-refractivity contribution is -0.119. The fourth-order valence-corrected chi connectivity index (χ4v) is 2.83. The van der Waals surface area contributed by atoms with Crippen molar-refractivity contribution in [1.82, 2.24) is 10.3 Å². The van der Waals surface area contributed by atoms with E-state index in [1.165, 1.54) is 0 Å². The van der Waals surface area contributed by atoms with Crippen molar-refractivity contribution in [3.05, 3.63) is 70.9 Å². The maximum absolute atomic E-state index is 12.1. The summed E-state index contributed by atoms with van der Waals surface area (Å²) in [6, 6.07) is 16.8. The van der Waals surface area contributed by atoms with Crippen LogP contribution in [0.5, 0.6) is 0 Å². The molecule has 1 heterocycles. The van der Waals surface area contributed by atoms with Crippen LogP contribution >= 0.6 is 23.8 Å². The monoisotopic (exact) mass is 369 g/mol. The number of nitrogens with one attached hydrogen (secondary N) is 2. The average molecular weight is 370 g/mol. The van der Waals surface area contributed by atoms with Crippen LogP contribution in [0.3, 0.4) is 0 Å². The largest absolute Gasteiger partial charge is 0.332 e. The van der Waals surface area contributed by atoms with Crippen molar-refractivity contribution in [2.75, 3.05) is 5.32 Å². The predicted molar refractivity (Wildman–Crippen MR) is 106 cm³/mol. The van der Waals surface area contributed by atoms with Gasteiger partial charge in [-0.1, -0.05) is 29.8 Å². The van der Waals surface area contributed by atoms with Crippen molar-refractivity contribution >= 4 is 51.4 Å². The van der Waals surface area contributed by atoms with Gasteiger partial charge in [0.2, 0.25) is 5.91 Å². The lowest BCUT2D eigenvalue weighted by Gasteiger charge is -2.12. The lowest BCUT2D eigenvalue weighted by Crippen LogP contribution is -2.35. The van der Waals surface area contributed by atoms with Crippen LogP contribution in [0.2, 0.25) is 5.02 Å². The number of aryl methyl sites for hydroxylation is 1. The van der Waals surface area contributed by atoms with E-state index in [-0.39, 0.29) is 17.4 Å². The summed E-state index contributed by atoms with van der Waals surface area (Å²) in [6.45, 7) is 1.95. The molecule has 25 heavy (non-hydrogen) atoms. The molecular formula is C19H16ClN3OS. The fourth-order valence-electron chi connectivity index (χ4n) is 2.48. The highest BCUT2D eigenvalue weighted by molar-refractivity contribution is 7.80. The van der Waals surface area contributed by atoms with Gasteiger partial charge in [-0.25, -0.2) is 0 Å². The number of aromatic nitrogens is 1. The first-order chi connectivity index (χ1) is 12.0. The molecule has 0 fully saturated rings. The highest BCUT2D eigenvalue weighted by Gasteiger charge is 2.08. The van der Waals surface area contributed by atoms with Crippen LogP contribution in [0.4, 0.5) is 5.69 Å². The molecule has 0 spiro atoms. The van der Waals surface area contributed by atoms with Crippen molar-refractivity contribution in [2.45, 2.75) is 13.3 Å². The molecule has 126 valence electrons. The summed E-state index contributed by atoms with van der Waals surface area (Å²) in [5.41, 5.74) is 3.50. The van der Waals surface area contributed by atoms with Gasteiger partial charge >= 0.3 is 0 Å². The molecule has 0 radical (unpaired) electrons. The van der Waals surface area contributed by atoms with Gasteiger partial charge in [-0.15, -0.1) is 0 Å². The minimum absolute atomic E-state index is 0.186. The Morgan fingerprint density at radius 1 is 1.12 bits per heavy atom. The predicted octanol–water partition coefficient (Wildman–Crippen LogP) is 4.25. The van der Waals surface area contributed by atoms with Crippen molar-refractivity contribution < 1.29 is 4.79 Å². The summed E-state index contributed by atoms with van der Waals surface area (Å²) in [5, 5.41) is 7.61. The van der Waals surface area contributed by atoms with Gasteiger partial charge < -0.3 is 10.6 Å². The number of pyridine rings is 1. The molecule has 1 amide bonds. The number of halogens is 1. The minimum Gasteiger partial charge on any atom is -0.332 e. The van der Waals surface area contributed by atoms with Crippen molar-refractivity contribution in [3.63, 3.8) is 0 Å². The third kappa shape index (κ3) is 4.53. The molecule has 3 rings (SSSR count). The Bertz CT molecular complexity index is 941. The van der Waals surface area contributed by atoms with Crippen molar-refractivity contribution in [1.29, 1.82) is 0 Å². The molecule has 0 aliphatic carbocycles. The van der Waals surface area contributed by atoms with Crippen LogP contribution in [-0.2, 0) is 11.2 Å². The SMILES string of the molecule is Cc1ccc2c(NC(=S)NC(=O)Cc3ccc(Cl)cc3)cccc2n1. The number of hydrogen-bond acceptors (Lipinski definition) is 3. The fraction of sp³-hybridized carbons (Fsp3) is 0.105. The maximum atomic E-state index is 12.1. The Balaban J connectivity index is 1.66. The van der Waals surface area contributed by atoms with E-state index in [0.29, 0.717) is 5.02 Å². The van der Waals surface area contributed by atoms with Crippen LogP contribution in [0, 0.1) is 6.92 Å². The van der Waals surface area contributed by atoms with Gasteiger partial charge in [0, 0.05) is 21.8 Å². The Morgan fingerprint density at radius 2 is 1.88 bits per heavy atom. The Kier molecular flexibility index (Phi) is 5.26. The third-order valence-corrected chi connectivity index (χ3v) is 4.11. The quantitative estimate of drug-likeness (QED) is 0.677. The van der Waals surface area contributed by atoms with Crippen LogP contribution < -0.4 is 10.6 Å². The number of carbonyl (C=O) groups is 1. The summed E-state index contributed by atoms with van der Waals surface area (Å²) in [5.74, 6) is -0.186. The summed E-state index contributed by atoms with van der Waals surface area (Å²) < 4.78 is 0. The molecule has 0 saturated carbocycles. The van der Waals surface area contributed by atoms with E-state index in [4.69, 9.17) is 23.8 Å². The van der Waals surface area contributed by atoms with E-state index in [1.807, 2.05) is 49.4 Å². The highest BCUT2D eigenvalue weighted by Crippen LogP contribution is 2.22. The molecule has 1 aromatic heterocycles. The van der Waals surface area contributed by atoms with Crippen LogP contribution in [0.1, 0.15) is 11.3 Å². The molecule has 0 aliphatic heterocycles. The van der Waals surface area contributed by atoms with E-state index in [0.717, 1.165) is 27.8 Å². The Hall–Kier alpha value is -2.50. The Labute approximate surface area is 156 Å². The number of hydrogen-bond donors (Lipinski definition) is 2. The molecular weight excluding hydrogens is 354 g/mol. The molecule has 0 bridgehead atoms. The molecule has 4 nitrogen and oxygen atoms in total. The first-order valence-corrected chi connectivity index (χ1v) is 8.51. The van der Waals surface area contributed by atoms with Gasteiger partial charge in [0.15, 0.2) is 5.11 Å². The number of thiocarbonyl (C=S) groups is 1. The summed E-state index contributed by atoms with van der Waals surface area (Å²) >= 11 is 11.1. The minimum atomic E-state index is -0.186. The summed E-state index contributed by atoms with van der Waals surface area (Å²) in [4.78, 5) is 16.6. The second kappa shape index (κ2) is 7.59. The molecule has 2 N–H and O–H groups in total. The van der Waals surface area contributed by atoms with E-state index in [2.05, 4.69) is 15.6 Å². The number of rotatable bonds is 3. The number of benzene rings is 2. The van der Waals surface area contributed by atoms with E-state index < -0.39 is 0 Å². The zero-order chi connectivity index (χ0) is 17.8. The van der Waals surface area contributed by atoms with Gasteiger partial charge in [-0.05, 0) is 61.1 Å². The summed E-state index contributed by atoms with van der Waals surface area (Å²) in [7, 11) is 0. The number of fused-ring (bicyclic) bond motifs is 1. The zero-order valence-corrected chi connectivity index (χ0v) is 15.1. The molecule has 0 aliphatic rings. The van der Waals surface area contributed by atoms with Gasteiger partial charge in [-0.2, -0.15) is 0 Å². The topological polar surface area (TPSA) is 54.0 Å². The standard InChI is InChI=1S/C19H16ClN3OS/c1-12-5-10-15-16(21-12)3-2-4-17(15)22-19(25)23-18(24)11-13-6-8-14(20)9-7-13/h2-10H,11H2,1H3,(H2,22,23,24,25). The van der Waals surface area contributed by atoms with E-state index in [9.17, 15) is 4.79 Å². The number of carbonyl (C=O) groups excluding carboxylic acids is 1. The van der Waals surface area contributed by atoms with E-state index >= 15 is 0 Å². The van der Waals surface area contributed by atoms with Crippen LogP contribution in [0.15, 0.2) is 54.6 Å². The second-order valence-electron chi connectivity index (χ2n) is 5.63. The maximum Gasteiger partial charge on any atom is 0.230 e. The lowest BCUT2D eigenvalue weighted by atomic mass is 10.1. The first-order valence-electron chi connectivity index (χ1n) is 7.73. The second-order valence-corrected chi connectivity index (χ2v) is 6.48. The van der Waals surface area contributed by atoms with Crippen molar-refractivity contribution in [2.24, 2.45) is 0 Å². The zero-order valence-electron chi connectivity index (χ0n) is 13.5. The molecule has 6 heteroatoms. The smallest absolute Gasteiger partial charge is 0.230 e. The van der Waals surface area contributed by atoms with Gasteiger partial charge in [-0.3, -0.25) is 9.78 Å². The van der Waals surface area contributed by atoms with Crippen molar-refractivity contribution in [3.8, 4) is 0 Å². The molecule has 3 aromatic rings. The molecule has 2 aromatic carbocycles. The third-order valence-electron chi connectivity index (χ3n) is 3.65. The van der Waals surface area contributed by atoms with Gasteiger partial charge in [0.05, 0.1) is 11.9 Å². The molecule has 0 unspecified atom stereocenters. The van der Waals surface area contributed by atoms with Gasteiger partial charge in [0.1, 0.15) is 0 Å². The highest BCUT2D eigenvalue weighted by atomic mass is 35.5. The number of amides is 1. The normalized spacial score (nSPS) is 10.5. The van der Waals surface area contributed by atoms with Gasteiger partial charge in [0.25, 0.3) is 0 Å². The molecule has 0 atom stereocenters. The Morgan fingerprint density at radius 3 is 2.64 bits per heavy atom. The average Bonchev–Trinajstić information content (AvgIpc) is 2.56. The first kappa shape index (κ1) is 17.3.